The van der Waals surface area contributed by atoms with Crippen molar-refractivity contribution in [1.29, 1.82) is 0 Å². The predicted molar refractivity (Wildman–Crippen MR) is 94.0 cm³/mol. The zero-order chi connectivity index (χ0) is 19.4. The van der Waals surface area contributed by atoms with Gasteiger partial charge in [-0.25, -0.2) is 14.9 Å². The molecule has 0 radical (unpaired) electrons. The number of carbonyl (C=O) groups is 3. The van der Waals surface area contributed by atoms with Gasteiger partial charge in [0, 0.05) is 39.6 Å². The molecule has 0 fully saturated rings. The summed E-state index contributed by atoms with van der Waals surface area (Å²) in [6.07, 6.45) is 3.50. The number of nitrogens with two attached hydrogens (primary N) is 1. The highest BCUT2D eigenvalue weighted by Gasteiger charge is 2.21. The number of carbonyl (C=O) groups excluding carboxylic acids is 3. The molecule has 11 nitrogen and oxygen atoms in total. The van der Waals surface area contributed by atoms with Crippen LogP contribution in [-0.2, 0) is 18.9 Å². The van der Waals surface area contributed by atoms with Crippen LogP contribution in [-0.4, -0.2) is 69.4 Å². The normalized spacial score (nSPS) is 10.8. The lowest BCUT2D eigenvalue weighted by Crippen LogP contribution is -2.32. The van der Waals surface area contributed by atoms with E-state index in [1.165, 1.54) is 21.5 Å². The maximum atomic E-state index is 12.3. The van der Waals surface area contributed by atoms with Gasteiger partial charge in [0.1, 0.15) is 0 Å². The largest absolute Gasteiger partial charge is 0.363 e. The summed E-state index contributed by atoms with van der Waals surface area (Å²) in [5, 5.41) is 2.76. The number of hydrogen-bond donors (Lipinski definition) is 2. The molecule has 0 aliphatic heterocycles. The number of hydrogen-bond acceptors (Lipinski definition) is 6. The predicted octanol–water partition coefficient (Wildman–Crippen LogP) is -1.16. The second-order valence-corrected chi connectivity index (χ2v) is 5.97. The fourth-order valence-electron chi connectivity index (χ4n) is 2.27. The van der Waals surface area contributed by atoms with Crippen LogP contribution in [0.4, 0.5) is 11.6 Å². The van der Waals surface area contributed by atoms with E-state index in [-0.39, 0.29) is 29.2 Å². The minimum Gasteiger partial charge on any atom is -0.363 e. The molecule has 2 rings (SSSR count). The number of rotatable bonds is 8. The van der Waals surface area contributed by atoms with E-state index in [2.05, 4.69) is 15.3 Å². The standard InChI is InChI=1S/C15H22N8O3/c1-20(2)6-5-17-15(26)14-19-11(8-22(14)4)23(9-24)10-7-21(3)13(18-10)12(16)25/h7-9H,5-6H2,1-4H3,(H2,16,25)(H,17,26). The molecule has 2 aromatic heterocycles. The van der Waals surface area contributed by atoms with E-state index in [4.69, 9.17) is 5.73 Å². The van der Waals surface area contributed by atoms with Crippen LogP contribution in [0.15, 0.2) is 12.4 Å². The third-order valence-corrected chi connectivity index (χ3v) is 3.59. The van der Waals surface area contributed by atoms with Crippen LogP contribution in [0, 0.1) is 0 Å². The molecule has 0 saturated heterocycles. The van der Waals surface area contributed by atoms with E-state index in [0.717, 1.165) is 4.90 Å². The van der Waals surface area contributed by atoms with Crippen LogP contribution in [0.3, 0.4) is 0 Å². The molecule has 0 unspecified atom stereocenters. The van der Waals surface area contributed by atoms with E-state index < -0.39 is 5.91 Å². The SMILES string of the molecule is CN(C)CCNC(=O)c1nc(N(C=O)c2cn(C)c(C(N)=O)n2)cn1C. The van der Waals surface area contributed by atoms with Crippen LogP contribution in [0.25, 0.3) is 0 Å². The molecule has 26 heavy (non-hydrogen) atoms. The van der Waals surface area contributed by atoms with Crippen molar-refractivity contribution in [3.05, 3.63) is 24.0 Å². The number of aromatic nitrogens is 4. The van der Waals surface area contributed by atoms with Crippen molar-refractivity contribution in [2.75, 3.05) is 32.1 Å². The fraction of sp³-hybridized carbons (Fsp3) is 0.400. The summed E-state index contributed by atoms with van der Waals surface area (Å²) >= 11 is 0. The number of anilines is 2. The van der Waals surface area contributed by atoms with E-state index in [1.807, 2.05) is 19.0 Å². The first-order chi connectivity index (χ1) is 12.2. The van der Waals surface area contributed by atoms with Gasteiger partial charge in [-0.15, -0.1) is 0 Å². The monoisotopic (exact) mass is 362 g/mol. The Morgan fingerprint density at radius 3 is 2.15 bits per heavy atom. The Balaban J connectivity index is 2.24. The number of imidazole rings is 2. The third kappa shape index (κ3) is 4.06. The van der Waals surface area contributed by atoms with Crippen molar-refractivity contribution in [2.45, 2.75) is 0 Å². The first-order valence-corrected chi connectivity index (χ1v) is 7.78. The van der Waals surface area contributed by atoms with Gasteiger partial charge in [0.15, 0.2) is 11.6 Å². The Kier molecular flexibility index (Phi) is 5.72. The number of nitrogens with zero attached hydrogens (tertiary/aromatic N) is 6. The Bertz CT molecular complexity index is 823. The first-order valence-electron chi connectivity index (χ1n) is 7.78. The van der Waals surface area contributed by atoms with Crippen LogP contribution in [0.5, 0.6) is 0 Å². The second-order valence-electron chi connectivity index (χ2n) is 5.97. The van der Waals surface area contributed by atoms with E-state index in [9.17, 15) is 14.4 Å². The zero-order valence-electron chi connectivity index (χ0n) is 15.1. The maximum Gasteiger partial charge on any atom is 0.287 e. The molecular formula is C15H22N8O3. The van der Waals surface area contributed by atoms with Gasteiger partial charge >= 0.3 is 0 Å². The summed E-state index contributed by atoms with van der Waals surface area (Å²) in [6.45, 7) is 1.15. The molecule has 3 amide bonds. The van der Waals surface area contributed by atoms with Crippen molar-refractivity contribution < 1.29 is 14.4 Å². The Labute approximate surface area is 150 Å². The molecule has 3 N–H and O–H groups in total. The highest BCUT2D eigenvalue weighted by molar-refractivity contribution is 5.93. The van der Waals surface area contributed by atoms with Crippen LogP contribution >= 0.6 is 0 Å². The number of amides is 3. The lowest BCUT2D eigenvalue weighted by molar-refractivity contribution is -0.106. The smallest absolute Gasteiger partial charge is 0.287 e. The number of aryl methyl sites for hydroxylation is 2. The van der Waals surface area contributed by atoms with E-state index in [1.54, 1.807) is 14.1 Å². The summed E-state index contributed by atoms with van der Waals surface area (Å²) in [4.78, 5) is 46.4. The molecular weight excluding hydrogens is 340 g/mol. The molecule has 0 bridgehead atoms. The first kappa shape index (κ1) is 19.1. The van der Waals surface area contributed by atoms with Gasteiger partial charge in [0.2, 0.25) is 18.1 Å². The van der Waals surface area contributed by atoms with Crippen LogP contribution in [0.2, 0.25) is 0 Å². The van der Waals surface area contributed by atoms with Crippen LogP contribution in [0.1, 0.15) is 21.2 Å². The highest BCUT2D eigenvalue weighted by atomic mass is 16.2. The van der Waals surface area contributed by atoms with Gasteiger partial charge in [-0.2, -0.15) is 0 Å². The Morgan fingerprint density at radius 2 is 1.69 bits per heavy atom. The topological polar surface area (TPSA) is 131 Å². The van der Waals surface area contributed by atoms with Gasteiger partial charge in [-0.05, 0) is 14.1 Å². The molecule has 0 spiro atoms. The fourth-order valence-corrected chi connectivity index (χ4v) is 2.27. The van der Waals surface area contributed by atoms with Crippen molar-refractivity contribution in [2.24, 2.45) is 19.8 Å². The van der Waals surface area contributed by atoms with E-state index >= 15 is 0 Å². The summed E-state index contributed by atoms with van der Waals surface area (Å²) < 4.78 is 2.92. The molecule has 0 aliphatic carbocycles. The van der Waals surface area contributed by atoms with Gasteiger partial charge in [-0.3, -0.25) is 14.4 Å². The summed E-state index contributed by atoms with van der Waals surface area (Å²) in [5.74, 6) is -0.540. The van der Waals surface area contributed by atoms with Crippen molar-refractivity contribution in [3.63, 3.8) is 0 Å². The Morgan fingerprint density at radius 1 is 1.15 bits per heavy atom. The van der Waals surface area contributed by atoms with Gasteiger partial charge in [0.25, 0.3) is 11.8 Å². The molecule has 0 saturated carbocycles. The number of nitrogens with one attached hydrogen (secondary N) is 1. The minimum absolute atomic E-state index is 0.00410. The number of likely N-dealkylation sites (N-methyl/N-ethyl adjacent to an activating group) is 1. The molecule has 2 aromatic rings. The second kappa shape index (κ2) is 7.78. The lowest BCUT2D eigenvalue weighted by atomic mass is 10.5. The molecule has 11 heteroatoms. The lowest BCUT2D eigenvalue weighted by Gasteiger charge is -2.10. The van der Waals surface area contributed by atoms with Crippen molar-refractivity contribution in [3.8, 4) is 0 Å². The summed E-state index contributed by atoms with van der Waals surface area (Å²) in [5.41, 5.74) is 5.24. The molecule has 2 heterocycles. The van der Waals surface area contributed by atoms with Gasteiger partial charge in [-0.1, -0.05) is 0 Å². The Hall–Kier alpha value is -3.21. The molecule has 0 aromatic carbocycles. The summed E-state index contributed by atoms with van der Waals surface area (Å²) in [6, 6.07) is 0. The average Bonchev–Trinajstić information content (AvgIpc) is 3.11. The van der Waals surface area contributed by atoms with Crippen LogP contribution < -0.4 is 16.0 Å². The highest BCUT2D eigenvalue weighted by Crippen LogP contribution is 2.22. The molecule has 140 valence electrons. The quantitative estimate of drug-likeness (QED) is 0.569. The van der Waals surface area contributed by atoms with E-state index in [0.29, 0.717) is 19.5 Å². The van der Waals surface area contributed by atoms with Crippen molar-refractivity contribution in [1.82, 2.24) is 29.3 Å². The van der Waals surface area contributed by atoms with Crippen molar-refractivity contribution >= 4 is 29.9 Å². The third-order valence-electron chi connectivity index (χ3n) is 3.59. The summed E-state index contributed by atoms with van der Waals surface area (Å²) in [7, 11) is 7.04. The minimum atomic E-state index is -0.716. The maximum absolute atomic E-state index is 12.3. The average molecular weight is 362 g/mol. The zero-order valence-corrected chi connectivity index (χ0v) is 15.1. The number of primary amides is 1. The molecule has 0 aliphatic rings. The molecule has 0 atom stereocenters. The van der Waals surface area contributed by atoms with Gasteiger partial charge < -0.3 is 25.1 Å². The van der Waals surface area contributed by atoms with Gasteiger partial charge in [0.05, 0.1) is 0 Å².